The van der Waals surface area contributed by atoms with E-state index in [1.54, 1.807) is 54.7 Å². The third kappa shape index (κ3) is 5.55. The number of rotatable bonds is 7. The second-order valence-corrected chi connectivity index (χ2v) is 7.61. The number of nitrogens with one attached hydrogen (secondary N) is 1. The van der Waals surface area contributed by atoms with E-state index in [9.17, 15) is 14.7 Å². The molecular weight excluding hydrogens is 430 g/mol. The van der Waals surface area contributed by atoms with Crippen molar-refractivity contribution >= 4 is 23.5 Å². The van der Waals surface area contributed by atoms with Crippen molar-refractivity contribution in [3.63, 3.8) is 0 Å². The first-order valence-electron chi connectivity index (χ1n) is 10.6. The molecular formula is C26H23N5O3. The van der Waals surface area contributed by atoms with Gasteiger partial charge in [0.2, 0.25) is 0 Å². The van der Waals surface area contributed by atoms with E-state index in [4.69, 9.17) is 5.73 Å². The maximum absolute atomic E-state index is 12.8. The Morgan fingerprint density at radius 2 is 1.62 bits per heavy atom. The predicted octanol–water partition coefficient (Wildman–Crippen LogP) is 4.66. The largest absolute Gasteiger partial charge is 0.465 e. The minimum Gasteiger partial charge on any atom is -0.465 e. The second kappa shape index (κ2) is 10.3. The molecule has 2 heterocycles. The molecule has 4 aromatic rings. The summed E-state index contributed by atoms with van der Waals surface area (Å²) in [5.41, 5.74) is 9.80. The summed E-state index contributed by atoms with van der Waals surface area (Å²) >= 11 is 0. The Morgan fingerprint density at radius 3 is 2.29 bits per heavy atom. The van der Waals surface area contributed by atoms with Gasteiger partial charge < -0.3 is 16.2 Å². The molecule has 0 saturated carbocycles. The highest BCUT2D eigenvalue weighted by atomic mass is 16.4. The van der Waals surface area contributed by atoms with Crippen LogP contribution in [0.3, 0.4) is 0 Å². The fraction of sp³-hybridized carbons (Fsp3) is 0.0769. The number of hydrogen-bond acceptors (Lipinski definition) is 5. The standard InChI is InChI=1S/C26H23N5O3/c27-22-13-14-23(19-6-2-1-3-7-19)29-24(22)30-25(32)20-11-9-18(10-12-20)16-31(26(33)34)17-21-8-4-5-15-28-21/h1-15H,16-17,27H2,(H,33,34)(H,29,30,32). The number of carbonyl (C=O) groups excluding carboxylic acids is 1. The SMILES string of the molecule is Nc1ccc(-c2ccccc2)nc1NC(=O)c1ccc(CN(Cc2ccccn2)C(=O)O)cc1. The number of nitrogens with two attached hydrogens (primary N) is 1. The maximum Gasteiger partial charge on any atom is 0.407 e. The Hall–Kier alpha value is -4.72. The molecule has 170 valence electrons. The Bertz CT molecular complexity index is 1280. The molecule has 0 unspecified atom stereocenters. The van der Waals surface area contributed by atoms with Crippen molar-refractivity contribution in [2.45, 2.75) is 13.1 Å². The van der Waals surface area contributed by atoms with Crippen molar-refractivity contribution in [3.8, 4) is 11.3 Å². The maximum atomic E-state index is 12.8. The number of carboxylic acid groups (broad SMARTS) is 1. The van der Waals surface area contributed by atoms with Crippen molar-refractivity contribution in [3.05, 3.63) is 108 Å². The van der Waals surface area contributed by atoms with Crippen LogP contribution in [-0.4, -0.2) is 32.0 Å². The molecule has 0 aliphatic rings. The van der Waals surface area contributed by atoms with Gasteiger partial charge in [-0.25, -0.2) is 9.78 Å². The Balaban J connectivity index is 1.44. The van der Waals surface area contributed by atoms with Gasteiger partial charge in [-0.2, -0.15) is 0 Å². The average Bonchev–Trinajstić information content (AvgIpc) is 2.86. The van der Waals surface area contributed by atoms with Crippen molar-refractivity contribution in [2.24, 2.45) is 0 Å². The van der Waals surface area contributed by atoms with E-state index in [0.29, 0.717) is 22.6 Å². The van der Waals surface area contributed by atoms with Gasteiger partial charge in [0.1, 0.15) is 0 Å². The van der Waals surface area contributed by atoms with E-state index in [2.05, 4.69) is 15.3 Å². The summed E-state index contributed by atoms with van der Waals surface area (Å²) in [6.45, 7) is 0.336. The number of hydrogen-bond donors (Lipinski definition) is 3. The van der Waals surface area contributed by atoms with Crippen molar-refractivity contribution < 1.29 is 14.7 Å². The Labute approximate surface area is 196 Å². The number of benzene rings is 2. The van der Waals surface area contributed by atoms with E-state index < -0.39 is 6.09 Å². The number of carbonyl (C=O) groups is 2. The number of amides is 2. The molecule has 2 aromatic heterocycles. The zero-order valence-corrected chi connectivity index (χ0v) is 18.3. The summed E-state index contributed by atoms with van der Waals surface area (Å²) in [7, 11) is 0. The van der Waals surface area contributed by atoms with Gasteiger partial charge in [-0.1, -0.05) is 48.5 Å². The van der Waals surface area contributed by atoms with Crippen LogP contribution in [0.2, 0.25) is 0 Å². The molecule has 8 nitrogen and oxygen atoms in total. The van der Waals surface area contributed by atoms with Crippen LogP contribution in [0, 0.1) is 0 Å². The van der Waals surface area contributed by atoms with E-state index >= 15 is 0 Å². The van der Waals surface area contributed by atoms with Crippen molar-refractivity contribution in [1.29, 1.82) is 0 Å². The first-order chi connectivity index (χ1) is 16.5. The van der Waals surface area contributed by atoms with Crippen LogP contribution in [0.4, 0.5) is 16.3 Å². The zero-order valence-electron chi connectivity index (χ0n) is 18.3. The van der Waals surface area contributed by atoms with Crippen LogP contribution in [0.15, 0.2) is 91.1 Å². The van der Waals surface area contributed by atoms with E-state index in [-0.39, 0.29) is 24.8 Å². The molecule has 2 amide bonds. The van der Waals surface area contributed by atoms with Gasteiger partial charge >= 0.3 is 6.09 Å². The van der Waals surface area contributed by atoms with Gasteiger partial charge in [-0.15, -0.1) is 0 Å². The van der Waals surface area contributed by atoms with Gasteiger partial charge in [0.15, 0.2) is 5.82 Å². The van der Waals surface area contributed by atoms with E-state index in [1.807, 2.05) is 36.4 Å². The lowest BCUT2D eigenvalue weighted by Gasteiger charge is -2.19. The van der Waals surface area contributed by atoms with Crippen molar-refractivity contribution in [2.75, 3.05) is 11.1 Å². The molecule has 0 spiro atoms. The summed E-state index contributed by atoms with van der Waals surface area (Å²) in [6.07, 6.45) is 0.576. The monoisotopic (exact) mass is 453 g/mol. The molecule has 4 N–H and O–H groups in total. The first-order valence-corrected chi connectivity index (χ1v) is 10.6. The molecule has 2 aromatic carbocycles. The first kappa shape index (κ1) is 22.5. The minimum absolute atomic E-state index is 0.168. The fourth-order valence-corrected chi connectivity index (χ4v) is 3.38. The van der Waals surface area contributed by atoms with E-state index in [0.717, 1.165) is 11.1 Å². The number of pyridine rings is 2. The summed E-state index contributed by atoms with van der Waals surface area (Å²) < 4.78 is 0. The number of nitrogens with zero attached hydrogens (tertiary/aromatic N) is 3. The van der Waals surface area contributed by atoms with Crippen molar-refractivity contribution in [1.82, 2.24) is 14.9 Å². The van der Waals surface area contributed by atoms with Gasteiger partial charge in [0.25, 0.3) is 5.91 Å². The molecule has 0 saturated heterocycles. The predicted molar refractivity (Wildman–Crippen MR) is 130 cm³/mol. The molecule has 0 atom stereocenters. The number of nitrogen functional groups attached to an aromatic ring is 1. The Kier molecular flexibility index (Phi) is 6.78. The van der Waals surface area contributed by atoms with Gasteiger partial charge in [-0.3, -0.25) is 14.7 Å². The quantitative estimate of drug-likeness (QED) is 0.374. The summed E-state index contributed by atoms with van der Waals surface area (Å²) in [4.78, 5) is 34.4. The molecule has 0 fully saturated rings. The third-order valence-corrected chi connectivity index (χ3v) is 5.17. The molecule has 0 aliphatic carbocycles. The fourth-order valence-electron chi connectivity index (χ4n) is 3.38. The lowest BCUT2D eigenvalue weighted by molar-refractivity contribution is 0.102. The van der Waals surface area contributed by atoms with Gasteiger partial charge in [0, 0.05) is 23.9 Å². The normalized spacial score (nSPS) is 10.5. The average molecular weight is 454 g/mol. The highest BCUT2D eigenvalue weighted by Crippen LogP contribution is 2.23. The summed E-state index contributed by atoms with van der Waals surface area (Å²) in [5, 5.41) is 12.3. The molecule has 0 radical (unpaired) electrons. The number of aromatic nitrogens is 2. The van der Waals surface area contributed by atoms with Crippen LogP contribution in [0.5, 0.6) is 0 Å². The highest BCUT2D eigenvalue weighted by Gasteiger charge is 2.15. The topological polar surface area (TPSA) is 121 Å². The lowest BCUT2D eigenvalue weighted by Crippen LogP contribution is -2.28. The Morgan fingerprint density at radius 1 is 0.882 bits per heavy atom. The zero-order chi connectivity index (χ0) is 23.9. The van der Waals surface area contributed by atoms with Gasteiger partial charge in [-0.05, 0) is 42.0 Å². The molecule has 34 heavy (non-hydrogen) atoms. The minimum atomic E-state index is -1.05. The summed E-state index contributed by atoms with van der Waals surface area (Å²) in [5.74, 6) is -0.0811. The van der Waals surface area contributed by atoms with Crippen LogP contribution in [0.25, 0.3) is 11.3 Å². The lowest BCUT2D eigenvalue weighted by atomic mass is 10.1. The second-order valence-electron chi connectivity index (χ2n) is 7.61. The van der Waals surface area contributed by atoms with Crippen LogP contribution in [0.1, 0.15) is 21.6 Å². The summed E-state index contributed by atoms with van der Waals surface area (Å²) in [6, 6.07) is 25.2. The third-order valence-electron chi connectivity index (χ3n) is 5.17. The van der Waals surface area contributed by atoms with E-state index in [1.165, 1.54) is 4.90 Å². The molecule has 0 aliphatic heterocycles. The molecule has 0 bridgehead atoms. The number of anilines is 2. The molecule has 8 heteroatoms. The highest BCUT2D eigenvalue weighted by molar-refractivity contribution is 6.05. The smallest absolute Gasteiger partial charge is 0.407 e. The van der Waals surface area contributed by atoms with Gasteiger partial charge in [0.05, 0.1) is 23.6 Å². The van der Waals surface area contributed by atoms with Crippen LogP contribution < -0.4 is 11.1 Å². The molecule has 4 rings (SSSR count). The van der Waals surface area contributed by atoms with Crippen LogP contribution >= 0.6 is 0 Å². The van der Waals surface area contributed by atoms with Crippen LogP contribution in [-0.2, 0) is 13.1 Å².